The Morgan fingerprint density at radius 3 is 2.48 bits per heavy atom. The minimum absolute atomic E-state index is 0.0753. The van der Waals surface area contributed by atoms with E-state index in [0.717, 1.165) is 5.56 Å². The van der Waals surface area contributed by atoms with Gasteiger partial charge in [0.2, 0.25) is 0 Å². The maximum atomic E-state index is 12.5. The maximum absolute atomic E-state index is 12.5. The number of hydrogen-bond donors (Lipinski definition) is 3. The highest BCUT2D eigenvalue weighted by atomic mass is 16.3. The summed E-state index contributed by atoms with van der Waals surface area (Å²) in [6.07, 6.45) is 0.719. The van der Waals surface area contributed by atoms with Crippen LogP contribution >= 0.6 is 0 Å². The molecule has 1 heterocycles. The highest BCUT2D eigenvalue weighted by Gasteiger charge is 2.17. The predicted molar refractivity (Wildman–Crippen MR) is 93.7 cm³/mol. The second-order valence-electron chi connectivity index (χ2n) is 5.70. The van der Waals surface area contributed by atoms with Crippen LogP contribution in [-0.2, 0) is 6.54 Å². The summed E-state index contributed by atoms with van der Waals surface area (Å²) in [5.41, 5.74) is 0.460. The van der Waals surface area contributed by atoms with Crippen molar-refractivity contribution in [3.8, 4) is 0 Å². The van der Waals surface area contributed by atoms with E-state index in [2.05, 4.69) is 10.6 Å². The predicted octanol–water partition coefficient (Wildman–Crippen LogP) is 0.367. The van der Waals surface area contributed by atoms with Crippen LogP contribution in [0, 0.1) is 0 Å². The van der Waals surface area contributed by atoms with E-state index in [1.54, 1.807) is 6.92 Å². The quantitative estimate of drug-likeness (QED) is 0.705. The number of hydrogen-bond acceptors (Lipinski definition) is 4. The van der Waals surface area contributed by atoms with Gasteiger partial charge in [-0.2, -0.15) is 0 Å². The third-order valence-corrected chi connectivity index (χ3v) is 3.57. The van der Waals surface area contributed by atoms with E-state index < -0.39 is 23.5 Å². The van der Waals surface area contributed by atoms with Crippen molar-refractivity contribution in [2.24, 2.45) is 0 Å². The van der Waals surface area contributed by atoms with Crippen LogP contribution in [0.5, 0.6) is 0 Å². The Bertz CT molecular complexity index is 813. The lowest BCUT2D eigenvalue weighted by Gasteiger charge is -2.12. The molecule has 0 bridgehead atoms. The van der Waals surface area contributed by atoms with Gasteiger partial charge in [0.05, 0.1) is 18.2 Å². The van der Waals surface area contributed by atoms with Gasteiger partial charge in [-0.3, -0.25) is 14.4 Å². The fourth-order valence-corrected chi connectivity index (χ4v) is 2.30. The average Bonchev–Trinajstić information content (AvgIpc) is 2.61. The van der Waals surface area contributed by atoms with Gasteiger partial charge >= 0.3 is 0 Å². The van der Waals surface area contributed by atoms with E-state index in [0.29, 0.717) is 0 Å². The lowest BCUT2D eigenvalue weighted by Crippen LogP contribution is -2.35. The second-order valence-corrected chi connectivity index (χ2v) is 5.70. The minimum Gasteiger partial charge on any atom is -0.392 e. The van der Waals surface area contributed by atoms with Gasteiger partial charge in [0.25, 0.3) is 17.4 Å². The minimum atomic E-state index is -0.697. The van der Waals surface area contributed by atoms with Gasteiger partial charge in [-0.1, -0.05) is 30.3 Å². The van der Waals surface area contributed by atoms with Crippen molar-refractivity contribution in [2.75, 3.05) is 13.6 Å². The molecule has 25 heavy (non-hydrogen) atoms. The van der Waals surface area contributed by atoms with Gasteiger partial charge in [-0.05, 0) is 18.6 Å². The third-order valence-electron chi connectivity index (χ3n) is 3.57. The zero-order chi connectivity index (χ0) is 18.4. The molecular weight excluding hydrogens is 322 g/mol. The fraction of sp³-hybridized carbons (Fsp3) is 0.278. The van der Waals surface area contributed by atoms with Gasteiger partial charge in [-0.15, -0.1) is 0 Å². The van der Waals surface area contributed by atoms with E-state index in [9.17, 15) is 19.5 Å². The molecule has 0 aliphatic heterocycles. The molecule has 132 valence electrons. The molecule has 0 saturated heterocycles. The molecule has 0 saturated carbocycles. The molecule has 0 radical (unpaired) electrons. The molecule has 2 aromatic rings. The molecule has 0 fully saturated rings. The molecule has 2 rings (SSSR count). The summed E-state index contributed by atoms with van der Waals surface area (Å²) >= 11 is 0. The van der Waals surface area contributed by atoms with Crippen LogP contribution < -0.4 is 16.2 Å². The summed E-state index contributed by atoms with van der Waals surface area (Å²) < 4.78 is 1.33. The summed E-state index contributed by atoms with van der Waals surface area (Å²) in [4.78, 5) is 36.8. The van der Waals surface area contributed by atoms with Crippen LogP contribution in [0.4, 0.5) is 0 Å². The fourth-order valence-electron chi connectivity index (χ4n) is 2.30. The van der Waals surface area contributed by atoms with E-state index in [1.807, 2.05) is 30.3 Å². The Labute approximate surface area is 145 Å². The first-order valence-corrected chi connectivity index (χ1v) is 7.89. The molecule has 1 aromatic carbocycles. The number of carbonyl (C=O) groups excluding carboxylic acids is 2. The number of nitrogens with one attached hydrogen (secondary N) is 2. The first kappa shape index (κ1) is 18.4. The number of aromatic nitrogens is 1. The number of rotatable bonds is 6. The maximum Gasteiger partial charge on any atom is 0.263 e. The zero-order valence-electron chi connectivity index (χ0n) is 14.2. The number of pyridine rings is 1. The van der Waals surface area contributed by atoms with Crippen LogP contribution in [0.2, 0.25) is 0 Å². The highest BCUT2D eigenvalue weighted by Crippen LogP contribution is 2.06. The van der Waals surface area contributed by atoms with Gasteiger partial charge in [0.15, 0.2) is 0 Å². The Morgan fingerprint density at radius 2 is 1.88 bits per heavy atom. The summed E-state index contributed by atoms with van der Waals surface area (Å²) in [5, 5.41) is 14.3. The molecule has 0 aliphatic carbocycles. The summed E-state index contributed by atoms with van der Waals surface area (Å²) in [5.74, 6) is -1.02. The summed E-state index contributed by atoms with van der Waals surface area (Å²) in [6, 6.07) is 10.5. The standard InChI is InChI=1S/C18H21N3O4/c1-12(22)9-20-16(23)14-8-15(17(24)19-2)18(25)21(11-14)10-13-6-4-3-5-7-13/h3-8,11-12,22H,9-10H2,1-2H3,(H,19,24)(H,20,23). The topological polar surface area (TPSA) is 100 Å². The monoisotopic (exact) mass is 343 g/mol. The van der Waals surface area contributed by atoms with E-state index in [-0.39, 0.29) is 24.2 Å². The van der Waals surface area contributed by atoms with Crippen molar-refractivity contribution in [1.82, 2.24) is 15.2 Å². The van der Waals surface area contributed by atoms with E-state index in [4.69, 9.17) is 0 Å². The van der Waals surface area contributed by atoms with Crippen LogP contribution in [0.3, 0.4) is 0 Å². The number of aliphatic hydroxyl groups is 1. The largest absolute Gasteiger partial charge is 0.392 e. The number of carbonyl (C=O) groups is 2. The van der Waals surface area contributed by atoms with Crippen molar-refractivity contribution in [3.05, 3.63) is 69.6 Å². The van der Waals surface area contributed by atoms with Crippen molar-refractivity contribution >= 4 is 11.8 Å². The normalized spacial score (nSPS) is 11.6. The number of nitrogens with zero attached hydrogens (tertiary/aromatic N) is 1. The molecule has 1 unspecified atom stereocenters. The van der Waals surface area contributed by atoms with Crippen molar-refractivity contribution in [2.45, 2.75) is 19.6 Å². The third kappa shape index (κ3) is 4.77. The van der Waals surface area contributed by atoms with Crippen LogP contribution in [0.25, 0.3) is 0 Å². The second kappa shape index (κ2) is 8.25. The van der Waals surface area contributed by atoms with Crippen molar-refractivity contribution < 1.29 is 14.7 Å². The van der Waals surface area contributed by atoms with Crippen LogP contribution in [0.1, 0.15) is 33.2 Å². The highest BCUT2D eigenvalue weighted by molar-refractivity contribution is 5.99. The van der Waals surface area contributed by atoms with Crippen LogP contribution in [0.15, 0.2) is 47.4 Å². The first-order chi connectivity index (χ1) is 11.9. The molecule has 2 amide bonds. The van der Waals surface area contributed by atoms with Crippen molar-refractivity contribution in [3.63, 3.8) is 0 Å². The number of aliphatic hydroxyl groups excluding tert-OH is 1. The average molecular weight is 343 g/mol. The first-order valence-electron chi connectivity index (χ1n) is 7.89. The molecule has 7 nitrogen and oxygen atoms in total. The Hall–Kier alpha value is -2.93. The Balaban J connectivity index is 2.43. The van der Waals surface area contributed by atoms with E-state index in [1.165, 1.54) is 23.9 Å². The summed E-state index contributed by atoms with van der Waals surface area (Å²) in [6.45, 7) is 1.86. The molecule has 3 N–H and O–H groups in total. The van der Waals surface area contributed by atoms with E-state index >= 15 is 0 Å². The molecule has 7 heteroatoms. The molecule has 0 spiro atoms. The number of amides is 2. The van der Waals surface area contributed by atoms with Crippen LogP contribution in [-0.4, -0.2) is 41.2 Å². The Morgan fingerprint density at radius 1 is 1.20 bits per heavy atom. The molecule has 0 aliphatic rings. The van der Waals surface area contributed by atoms with Gasteiger partial charge in [-0.25, -0.2) is 0 Å². The lowest BCUT2D eigenvalue weighted by atomic mass is 10.1. The van der Waals surface area contributed by atoms with Gasteiger partial charge in [0.1, 0.15) is 5.56 Å². The lowest BCUT2D eigenvalue weighted by molar-refractivity contribution is 0.0923. The molecule has 1 aromatic heterocycles. The van der Waals surface area contributed by atoms with Crippen molar-refractivity contribution in [1.29, 1.82) is 0 Å². The zero-order valence-corrected chi connectivity index (χ0v) is 14.2. The molecular formula is C18H21N3O4. The SMILES string of the molecule is CNC(=O)c1cc(C(=O)NCC(C)O)cn(Cc2ccccc2)c1=O. The Kier molecular flexibility index (Phi) is 6.08. The number of benzene rings is 1. The van der Waals surface area contributed by atoms with Gasteiger partial charge in [0, 0.05) is 19.8 Å². The summed E-state index contributed by atoms with van der Waals surface area (Å²) in [7, 11) is 1.42. The molecule has 1 atom stereocenters. The smallest absolute Gasteiger partial charge is 0.263 e. The van der Waals surface area contributed by atoms with Gasteiger partial charge < -0.3 is 20.3 Å².